The molecule has 1 aromatic rings. The van der Waals surface area contributed by atoms with E-state index in [1.54, 1.807) is 12.3 Å². The van der Waals surface area contributed by atoms with Gasteiger partial charge >= 0.3 is 0 Å². The lowest BCUT2D eigenvalue weighted by Crippen LogP contribution is -2.26. The lowest BCUT2D eigenvalue weighted by atomic mass is 10.2. The van der Waals surface area contributed by atoms with E-state index in [1.165, 1.54) is 12.8 Å². The summed E-state index contributed by atoms with van der Waals surface area (Å²) in [7, 11) is 0. The van der Waals surface area contributed by atoms with Gasteiger partial charge in [0.05, 0.1) is 5.56 Å². The zero-order chi connectivity index (χ0) is 12.3. The van der Waals surface area contributed by atoms with Gasteiger partial charge in [0.1, 0.15) is 5.82 Å². The molecule has 5 heteroatoms. The lowest BCUT2D eigenvalue weighted by molar-refractivity contribution is 0.0952. The molecule has 1 aliphatic rings. The van der Waals surface area contributed by atoms with E-state index in [0.29, 0.717) is 17.3 Å². The molecule has 4 nitrogen and oxygen atoms in total. The summed E-state index contributed by atoms with van der Waals surface area (Å²) in [6, 6.07) is 1.80. The van der Waals surface area contributed by atoms with Crippen LogP contribution in [0.25, 0.3) is 0 Å². The topological polar surface area (TPSA) is 54.0 Å². The van der Waals surface area contributed by atoms with E-state index in [1.807, 2.05) is 6.92 Å². The second-order valence-electron chi connectivity index (χ2n) is 4.23. The summed E-state index contributed by atoms with van der Waals surface area (Å²) < 4.78 is 0.815. The number of anilines is 1. The maximum absolute atomic E-state index is 12.0. The minimum Gasteiger partial charge on any atom is -0.370 e. The van der Waals surface area contributed by atoms with Crippen LogP contribution in [0.15, 0.2) is 16.7 Å². The number of carbonyl (C=O) groups is 1. The van der Waals surface area contributed by atoms with Crippen LogP contribution in [0.3, 0.4) is 0 Å². The quantitative estimate of drug-likeness (QED) is 0.877. The van der Waals surface area contributed by atoms with Gasteiger partial charge in [-0.2, -0.15) is 0 Å². The van der Waals surface area contributed by atoms with Crippen LogP contribution in [0.5, 0.6) is 0 Å². The summed E-state index contributed by atoms with van der Waals surface area (Å²) in [6.07, 6.45) is 4.16. The van der Waals surface area contributed by atoms with Gasteiger partial charge in [0.15, 0.2) is 0 Å². The van der Waals surface area contributed by atoms with Gasteiger partial charge in [0.2, 0.25) is 0 Å². The number of amides is 1. The van der Waals surface area contributed by atoms with E-state index in [2.05, 4.69) is 31.5 Å². The molecule has 1 fully saturated rings. The highest BCUT2D eigenvalue weighted by atomic mass is 79.9. The first-order chi connectivity index (χ1) is 8.20. The molecule has 0 radical (unpaired) electrons. The van der Waals surface area contributed by atoms with Crippen LogP contribution in [0.4, 0.5) is 5.82 Å². The Kier molecular flexibility index (Phi) is 3.99. The SMILES string of the molecule is CCNc1ncc(Br)cc1C(=O)NCC1CC1. The molecule has 0 bridgehead atoms. The molecule has 1 aliphatic carbocycles. The van der Waals surface area contributed by atoms with Gasteiger partial charge in [-0.05, 0) is 47.7 Å². The van der Waals surface area contributed by atoms with Crippen molar-refractivity contribution in [2.75, 3.05) is 18.4 Å². The highest BCUT2D eigenvalue weighted by Gasteiger charge is 2.22. The molecule has 2 N–H and O–H groups in total. The van der Waals surface area contributed by atoms with Crippen LogP contribution < -0.4 is 10.6 Å². The Morgan fingerprint density at radius 3 is 3.00 bits per heavy atom. The molecule has 0 aliphatic heterocycles. The summed E-state index contributed by atoms with van der Waals surface area (Å²) in [5, 5.41) is 6.04. The van der Waals surface area contributed by atoms with E-state index in [-0.39, 0.29) is 5.91 Å². The summed E-state index contributed by atoms with van der Waals surface area (Å²) in [5.74, 6) is 1.27. The van der Waals surface area contributed by atoms with Crippen LogP contribution in [0.1, 0.15) is 30.1 Å². The number of nitrogens with one attached hydrogen (secondary N) is 2. The maximum atomic E-state index is 12.0. The van der Waals surface area contributed by atoms with Crippen LogP contribution >= 0.6 is 15.9 Å². The largest absolute Gasteiger partial charge is 0.370 e. The smallest absolute Gasteiger partial charge is 0.255 e. The number of halogens is 1. The van der Waals surface area contributed by atoms with E-state index in [9.17, 15) is 4.79 Å². The standard InChI is InChI=1S/C12H16BrN3O/c1-2-14-11-10(5-9(13)7-15-11)12(17)16-6-8-3-4-8/h5,7-8H,2-4,6H2,1H3,(H,14,15)(H,16,17). The predicted octanol–water partition coefficient (Wildman–Crippen LogP) is 2.42. The molecule has 2 rings (SSSR count). The third-order valence-corrected chi connectivity index (χ3v) is 3.13. The molecule has 1 saturated carbocycles. The number of hydrogen-bond donors (Lipinski definition) is 2. The maximum Gasteiger partial charge on any atom is 0.255 e. The summed E-state index contributed by atoms with van der Waals surface area (Å²) in [6.45, 7) is 3.50. The normalized spacial score (nSPS) is 14.5. The molecule has 1 amide bonds. The molecule has 0 spiro atoms. The highest BCUT2D eigenvalue weighted by molar-refractivity contribution is 9.10. The van der Waals surface area contributed by atoms with Crippen LogP contribution in [-0.2, 0) is 0 Å². The summed E-state index contributed by atoms with van der Waals surface area (Å²) >= 11 is 3.34. The van der Waals surface area contributed by atoms with Gasteiger partial charge in [-0.25, -0.2) is 4.98 Å². The Labute approximate surface area is 109 Å². The van der Waals surface area contributed by atoms with E-state index in [0.717, 1.165) is 17.6 Å². The van der Waals surface area contributed by atoms with Crippen molar-refractivity contribution < 1.29 is 4.79 Å². The molecule has 92 valence electrons. The van der Waals surface area contributed by atoms with Crippen molar-refractivity contribution in [3.8, 4) is 0 Å². The fraction of sp³-hybridized carbons (Fsp3) is 0.500. The van der Waals surface area contributed by atoms with Crippen molar-refractivity contribution in [3.05, 3.63) is 22.3 Å². The first kappa shape index (κ1) is 12.4. The zero-order valence-electron chi connectivity index (χ0n) is 9.79. The van der Waals surface area contributed by atoms with Gasteiger partial charge in [-0.1, -0.05) is 0 Å². The van der Waals surface area contributed by atoms with Crippen molar-refractivity contribution in [3.63, 3.8) is 0 Å². The number of aromatic nitrogens is 1. The van der Waals surface area contributed by atoms with Crippen LogP contribution in [0, 0.1) is 5.92 Å². The van der Waals surface area contributed by atoms with Gasteiger partial charge in [0, 0.05) is 23.8 Å². The van der Waals surface area contributed by atoms with Gasteiger partial charge in [-0.15, -0.1) is 0 Å². The third-order valence-electron chi connectivity index (χ3n) is 2.69. The van der Waals surface area contributed by atoms with Crippen molar-refractivity contribution in [2.45, 2.75) is 19.8 Å². The first-order valence-electron chi connectivity index (χ1n) is 5.88. The Morgan fingerprint density at radius 2 is 2.35 bits per heavy atom. The van der Waals surface area contributed by atoms with Crippen LogP contribution in [-0.4, -0.2) is 24.0 Å². The Morgan fingerprint density at radius 1 is 1.59 bits per heavy atom. The predicted molar refractivity (Wildman–Crippen MR) is 71.2 cm³/mol. The van der Waals surface area contributed by atoms with E-state index in [4.69, 9.17) is 0 Å². The van der Waals surface area contributed by atoms with Gasteiger partial charge < -0.3 is 10.6 Å². The van der Waals surface area contributed by atoms with Crippen LogP contribution in [0.2, 0.25) is 0 Å². The molecule has 17 heavy (non-hydrogen) atoms. The fourth-order valence-corrected chi connectivity index (χ4v) is 1.91. The molecule has 0 saturated heterocycles. The molecule has 1 heterocycles. The Bertz CT molecular complexity index is 418. The molecule has 1 aromatic heterocycles. The van der Waals surface area contributed by atoms with Crippen molar-refractivity contribution >= 4 is 27.7 Å². The summed E-state index contributed by atoms with van der Waals surface area (Å²) in [5.41, 5.74) is 0.599. The molecule has 0 atom stereocenters. The minimum absolute atomic E-state index is 0.0540. The number of hydrogen-bond acceptors (Lipinski definition) is 3. The Hall–Kier alpha value is -1.10. The second-order valence-corrected chi connectivity index (χ2v) is 5.15. The summed E-state index contributed by atoms with van der Waals surface area (Å²) in [4.78, 5) is 16.2. The van der Waals surface area contributed by atoms with Crippen molar-refractivity contribution in [1.82, 2.24) is 10.3 Å². The molecule has 0 unspecified atom stereocenters. The van der Waals surface area contributed by atoms with Gasteiger partial charge in [-0.3, -0.25) is 4.79 Å². The van der Waals surface area contributed by atoms with Crippen molar-refractivity contribution in [1.29, 1.82) is 0 Å². The lowest BCUT2D eigenvalue weighted by Gasteiger charge is -2.10. The third kappa shape index (κ3) is 3.43. The average Bonchev–Trinajstić information content (AvgIpc) is 3.12. The molecular weight excluding hydrogens is 282 g/mol. The molecular formula is C12H16BrN3O. The first-order valence-corrected chi connectivity index (χ1v) is 6.67. The number of pyridine rings is 1. The molecule has 0 aromatic carbocycles. The second kappa shape index (κ2) is 5.49. The van der Waals surface area contributed by atoms with E-state index >= 15 is 0 Å². The van der Waals surface area contributed by atoms with E-state index < -0.39 is 0 Å². The average molecular weight is 298 g/mol. The highest BCUT2D eigenvalue weighted by Crippen LogP contribution is 2.27. The number of nitrogens with zero attached hydrogens (tertiary/aromatic N) is 1. The number of rotatable bonds is 5. The Balaban J connectivity index is 2.09. The van der Waals surface area contributed by atoms with Gasteiger partial charge in [0.25, 0.3) is 5.91 Å². The number of carbonyl (C=O) groups excluding carboxylic acids is 1. The van der Waals surface area contributed by atoms with Crippen molar-refractivity contribution in [2.24, 2.45) is 5.92 Å². The monoisotopic (exact) mass is 297 g/mol. The zero-order valence-corrected chi connectivity index (χ0v) is 11.4. The minimum atomic E-state index is -0.0540. The fourth-order valence-electron chi connectivity index (χ4n) is 1.57.